The smallest absolute Gasteiger partial charge is 0.217 e. The van der Waals surface area contributed by atoms with Crippen molar-refractivity contribution < 1.29 is 104 Å². The van der Waals surface area contributed by atoms with Gasteiger partial charge in [-0.15, -0.1) is 0 Å². The Morgan fingerprint density at radius 1 is 0.542 bits per heavy atom. The predicted octanol–water partition coefficient (Wildman–Crippen LogP) is -9.61. The van der Waals surface area contributed by atoms with Crippen molar-refractivity contribution in [3.63, 3.8) is 0 Å². The van der Waals surface area contributed by atoms with Crippen molar-refractivity contribution in [2.24, 2.45) is 0 Å². The van der Waals surface area contributed by atoms with E-state index in [1.807, 2.05) is 0 Å². The van der Waals surface area contributed by atoms with Crippen LogP contribution >= 0.6 is 0 Å². The maximum absolute atomic E-state index is 12.2. The summed E-state index contributed by atoms with van der Waals surface area (Å²) in [6.07, 6.45) is -33.1. The molecule has 0 aliphatic carbocycles. The molecule has 4 saturated heterocycles. The zero-order chi connectivity index (χ0) is 35.6. The van der Waals surface area contributed by atoms with Crippen LogP contribution in [-0.2, 0) is 38.0 Å². The molecule has 0 aromatic carbocycles. The molecule has 4 aliphatic rings. The number of carbonyl (C=O) groups is 1. The van der Waals surface area contributed by atoms with Crippen LogP contribution in [0.2, 0.25) is 0 Å². The molecule has 22 heteroatoms. The summed E-state index contributed by atoms with van der Waals surface area (Å²) in [5, 5.41) is 135. The van der Waals surface area contributed by atoms with Crippen LogP contribution in [0.5, 0.6) is 0 Å². The third kappa shape index (κ3) is 8.24. The molecule has 0 bridgehead atoms. The number of amides is 1. The van der Waals surface area contributed by atoms with Gasteiger partial charge in [0.25, 0.3) is 0 Å². The highest BCUT2D eigenvalue weighted by molar-refractivity contribution is 5.73. The second kappa shape index (κ2) is 16.8. The van der Waals surface area contributed by atoms with E-state index >= 15 is 0 Å². The topological polar surface area (TPSA) is 357 Å². The predicted molar refractivity (Wildman–Crippen MR) is 145 cm³/mol. The van der Waals surface area contributed by atoms with Crippen LogP contribution in [0, 0.1) is 0 Å². The number of hydrogen-bond donors (Lipinski definition) is 14. The Morgan fingerprint density at radius 2 is 1.02 bits per heavy atom. The van der Waals surface area contributed by atoms with Gasteiger partial charge in [-0.1, -0.05) is 0 Å². The first-order valence-corrected chi connectivity index (χ1v) is 15.1. The van der Waals surface area contributed by atoms with Gasteiger partial charge in [-0.25, -0.2) is 0 Å². The molecular weight excluding hydrogens is 662 g/mol. The largest absolute Gasteiger partial charge is 0.394 e. The van der Waals surface area contributed by atoms with Crippen LogP contribution in [0.1, 0.15) is 6.92 Å². The Balaban J connectivity index is 1.51. The van der Waals surface area contributed by atoms with Crippen LogP contribution in [0.3, 0.4) is 0 Å². The number of aliphatic hydroxyl groups excluding tert-OH is 13. The van der Waals surface area contributed by atoms with Gasteiger partial charge in [0.15, 0.2) is 25.2 Å². The molecule has 0 spiro atoms. The van der Waals surface area contributed by atoms with Crippen molar-refractivity contribution in [3.05, 3.63) is 0 Å². The first-order chi connectivity index (χ1) is 22.6. The van der Waals surface area contributed by atoms with Gasteiger partial charge in [-0.2, -0.15) is 0 Å². The van der Waals surface area contributed by atoms with Crippen LogP contribution < -0.4 is 5.32 Å². The van der Waals surface area contributed by atoms with Gasteiger partial charge in [0.1, 0.15) is 97.6 Å². The standard InChI is InChI=1S/C26H45NO21/c1-6(31)27-11-22(48-25-19(39)15(35)12(32)7(2-28)45-25)14(34)8(3-29)44-24(11)42-5-10-13(33)16(36)20(40)26(46-10)47-21-9(4-30)43-23(41)18(38)17(21)37/h7-26,28-30,32-41H,2-5H2,1H3,(H,27,31)/t7-,8-,9-,10-,11-,12+,13+,14-,15+,16+,17-,18-,19-,20-,21-,22-,23-,24-,25+,26+/m1/s1. The molecule has 22 nitrogen and oxygen atoms in total. The third-order valence-electron chi connectivity index (χ3n) is 8.59. The van der Waals surface area contributed by atoms with Gasteiger partial charge < -0.3 is 105 Å². The Bertz CT molecular complexity index is 1030. The summed E-state index contributed by atoms with van der Waals surface area (Å²) >= 11 is 0. The van der Waals surface area contributed by atoms with E-state index in [0.717, 1.165) is 6.92 Å². The van der Waals surface area contributed by atoms with E-state index in [0.29, 0.717) is 0 Å². The number of nitrogens with one attached hydrogen (secondary N) is 1. The number of aliphatic hydroxyl groups is 13. The highest BCUT2D eigenvalue weighted by Gasteiger charge is 2.53. The van der Waals surface area contributed by atoms with Gasteiger partial charge >= 0.3 is 0 Å². The average molecular weight is 708 g/mol. The number of carbonyl (C=O) groups excluding carboxylic acids is 1. The summed E-state index contributed by atoms with van der Waals surface area (Å²) in [5.74, 6) is -0.714. The average Bonchev–Trinajstić information content (AvgIpc) is 3.06. The normalized spacial score (nSPS) is 50.2. The van der Waals surface area contributed by atoms with E-state index in [4.69, 9.17) is 33.2 Å². The summed E-state index contributed by atoms with van der Waals surface area (Å²) in [6.45, 7) is -2.10. The van der Waals surface area contributed by atoms with Gasteiger partial charge in [0.2, 0.25) is 5.91 Å². The summed E-state index contributed by atoms with van der Waals surface area (Å²) in [5.41, 5.74) is 0. The van der Waals surface area contributed by atoms with Crippen LogP contribution in [-0.4, -0.2) is 221 Å². The fourth-order valence-corrected chi connectivity index (χ4v) is 5.84. The zero-order valence-electron chi connectivity index (χ0n) is 25.5. The molecule has 280 valence electrons. The second-order valence-electron chi connectivity index (χ2n) is 11.9. The van der Waals surface area contributed by atoms with Gasteiger partial charge in [-0.05, 0) is 0 Å². The van der Waals surface area contributed by atoms with Crippen molar-refractivity contribution in [1.82, 2.24) is 5.32 Å². The quantitative estimate of drug-likeness (QED) is 0.0947. The third-order valence-corrected chi connectivity index (χ3v) is 8.59. The summed E-state index contributed by atoms with van der Waals surface area (Å²) in [7, 11) is 0. The monoisotopic (exact) mass is 707 g/mol. The molecule has 4 heterocycles. The highest BCUT2D eigenvalue weighted by Crippen LogP contribution is 2.32. The fraction of sp³-hybridized carbons (Fsp3) is 0.962. The van der Waals surface area contributed by atoms with Crippen molar-refractivity contribution >= 4 is 5.91 Å². The summed E-state index contributed by atoms with van der Waals surface area (Å²) < 4.78 is 38.5. The van der Waals surface area contributed by atoms with E-state index in [9.17, 15) is 71.2 Å². The van der Waals surface area contributed by atoms with Crippen molar-refractivity contribution in [3.8, 4) is 0 Å². The molecule has 14 N–H and O–H groups in total. The summed E-state index contributed by atoms with van der Waals surface area (Å²) in [4.78, 5) is 12.2. The van der Waals surface area contributed by atoms with E-state index in [2.05, 4.69) is 5.32 Å². The summed E-state index contributed by atoms with van der Waals surface area (Å²) in [6, 6.07) is -1.48. The molecule has 4 fully saturated rings. The van der Waals surface area contributed by atoms with Gasteiger partial charge in [0, 0.05) is 6.92 Å². The number of ether oxygens (including phenoxy) is 7. The minimum Gasteiger partial charge on any atom is -0.394 e. The van der Waals surface area contributed by atoms with E-state index in [1.165, 1.54) is 0 Å². The van der Waals surface area contributed by atoms with E-state index in [-0.39, 0.29) is 0 Å². The van der Waals surface area contributed by atoms with Crippen LogP contribution in [0.25, 0.3) is 0 Å². The van der Waals surface area contributed by atoms with Gasteiger partial charge in [-0.3, -0.25) is 4.79 Å². The van der Waals surface area contributed by atoms with Crippen LogP contribution in [0.4, 0.5) is 0 Å². The Kier molecular flexibility index (Phi) is 13.8. The lowest BCUT2D eigenvalue weighted by molar-refractivity contribution is -0.364. The Morgan fingerprint density at radius 3 is 1.56 bits per heavy atom. The van der Waals surface area contributed by atoms with E-state index < -0.39 is 155 Å². The lowest BCUT2D eigenvalue weighted by Crippen LogP contribution is -2.68. The van der Waals surface area contributed by atoms with Gasteiger partial charge in [0.05, 0.1) is 26.4 Å². The zero-order valence-corrected chi connectivity index (χ0v) is 25.5. The van der Waals surface area contributed by atoms with Crippen molar-refractivity contribution in [2.75, 3.05) is 26.4 Å². The van der Waals surface area contributed by atoms with Crippen molar-refractivity contribution in [2.45, 2.75) is 130 Å². The molecule has 4 aliphatic heterocycles. The van der Waals surface area contributed by atoms with E-state index in [1.54, 1.807) is 0 Å². The minimum absolute atomic E-state index is 0.714. The first-order valence-electron chi connectivity index (χ1n) is 15.1. The highest BCUT2D eigenvalue weighted by atomic mass is 16.8. The lowest BCUT2D eigenvalue weighted by Gasteiger charge is -2.48. The molecular formula is C26H45NO21. The molecule has 0 unspecified atom stereocenters. The lowest BCUT2D eigenvalue weighted by atomic mass is 9.95. The number of rotatable bonds is 11. The molecule has 0 aromatic heterocycles. The molecule has 48 heavy (non-hydrogen) atoms. The second-order valence-corrected chi connectivity index (χ2v) is 11.9. The molecule has 1 amide bonds. The fourth-order valence-electron chi connectivity index (χ4n) is 5.84. The molecule has 20 atom stereocenters. The molecule has 0 aromatic rings. The Labute approximate surface area is 272 Å². The molecule has 4 rings (SSSR count). The maximum Gasteiger partial charge on any atom is 0.217 e. The molecule has 0 radical (unpaired) electrons. The van der Waals surface area contributed by atoms with Crippen molar-refractivity contribution in [1.29, 1.82) is 0 Å². The molecule has 0 saturated carbocycles. The minimum atomic E-state index is -1.96. The number of hydrogen-bond acceptors (Lipinski definition) is 21. The van der Waals surface area contributed by atoms with Crippen LogP contribution in [0.15, 0.2) is 0 Å². The maximum atomic E-state index is 12.2. The Hall–Kier alpha value is -1.33. The SMILES string of the molecule is CC(=O)N[C@H]1[C@H](OC[C@H]2O[C@@H](O[C@H]3[C@H](O)[C@@H](O)[C@H](O)O[C@@H]3CO)[C@H](O)[C@@H](O)[C@H]2O)O[C@H](CO)[C@@H](O)[C@@H]1O[C@@H]1O[C@H](CO)[C@H](O)[C@H](O)[C@H]1O. The first kappa shape index (κ1) is 39.5.